The van der Waals surface area contributed by atoms with Gasteiger partial charge in [-0.05, 0) is 84.7 Å². The fourth-order valence-electron chi connectivity index (χ4n) is 9.06. The van der Waals surface area contributed by atoms with Crippen LogP contribution in [0.5, 0.6) is 0 Å². The number of nitrogens with zero attached hydrogens (tertiary/aromatic N) is 5. The summed E-state index contributed by atoms with van der Waals surface area (Å²) in [6.07, 6.45) is 15.9. The first-order valence-corrected chi connectivity index (χ1v) is 17.9. The summed E-state index contributed by atoms with van der Waals surface area (Å²) in [7, 11) is 0. The standard InChI is InChI=1S/C46H35N5/c1-29-10-8-15-38-36-12-3-7-18-43(36)51(46(29)38)41-16-5-2-11-34(41)31-21-22-33(32(25-31)27-48)35-14-9-19-44(40(35)28-49)50-42-17-6-4-13-37(42)39-24-30(26-47)20-23-45(39)50/h2,4-9,11,13-19,21-22,24-25,29,39,45H,3,10,12,20,23H2,1H3. The number of anilines is 2. The molecule has 3 atom stereocenters. The predicted octanol–water partition coefficient (Wildman–Crippen LogP) is 10.9. The average Bonchev–Trinajstić information content (AvgIpc) is 3.70. The Hall–Kier alpha value is -6.35. The summed E-state index contributed by atoms with van der Waals surface area (Å²) in [4.78, 5) is 2.30. The monoisotopic (exact) mass is 657 g/mol. The number of hydrogen-bond acceptors (Lipinski definition) is 4. The van der Waals surface area contributed by atoms with Gasteiger partial charge in [0.2, 0.25) is 0 Å². The second-order valence-corrected chi connectivity index (χ2v) is 14.0. The molecule has 0 saturated carbocycles. The molecule has 9 rings (SSSR count). The van der Waals surface area contributed by atoms with Crippen molar-refractivity contribution in [3.8, 4) is 46.1 Å². The van der Waals surface area contributed by atoms with Crippen LogP contribution in [0, 0.1) is 34.0 Å². The maximum absolute atomic E-state index is 10.8. The Balaban J connectivity index is 1.16. The molecule has 0 spiro atoms. The van der Waals surface area contributed by atoms with Crippen molar-refractivity contribution < 1.29 is 0 Å². The summed E-state index contributed by atoms with van der Waals surface area (Å²) in [5.74, 6) is 0.474. The van der Waals surface area contributed by atoms with Gasteiger partial charge in [0.1, 0.15) is 6.07 Å². The van der Waals surface area contributed by atoms with Crippen LogP contribution in [0.2, 0.25) is 0 Å². The van der Waals surface area contributed by atoms with E-state index < -0.39 is 0 Å². The summed E-state index contributed by atoms with van der Waals surface area (Å²) in [5, 5.41) is 31.1. The molecule has 0 saturated heterocycles. The van der Waals surface area contributed by atoms with Crippen LogP contribution < -0.4 is 4.90 Å². The van der Waals surface area contributed by atoms with Crippen molar-refractivity contribution >= 4 is 23.5 Å². The third-order valence-corrected chi connectivity index (χ3v) is 11.3. The molecule has 0 N–H and O–H groups in total. The van der Waals surface area contributed by atoms with E-state index in [-0.39, 0.29) is 12.0 Å². The number of rotatable bonds is 4. The van der Waals surface area contributed by atoms with Crippen molar-refractivity contribution in [2.75, 3.05) is 4.90 Å². The van der Waals surface area contributed by atoms with E-state index in [1.165, 1.54) is 28.1 Å². The molecule has 244 valence electrons. The van der Waals surface area contributed by atoms with Gasteiger partial charge in [-0.2, -0.15) is 15.8 Å². The van der Waals surface area contributed by atoms with E-state index in [2.05, 4.69) is 107 Å². The molecule has 4 aliphatic rings. The lowest BCUT2D eigenvalue weighted by Crippen LogP contribution is -2.32. The molecule has 51 heavy (non-hydrogen) atoms. The smallest absolute Gasteiger partial charge is 0.102 e. The van der Waals surface area contributed by atoms with Gasteiger partial charge in [0.25, 0.3) is 0 Å². The number of allylic oxidation sites excluding steroid dienone is 3. The van der Waals surface area contributed by atoms with Crippen molar-refractivity contribution in [3.63, 3.8) is 0 Å². The number of aromatic nitrogens is 1. The van der Waals surface area contributed by atoms with Gasteiger partial charge in [-0.3, -0.25) is 0 Å². The van der Waals surface area contributed by atoms with Gasteiger partial charge in [-0.25, -0.2) is 0 Å². The first-order valence-electron chi connectivity index (χ1n) is 17.9. The third kappa shape index (κ3) is 4.72. The molecule has 1 aromatic heterocycles. The summed E-state index contributed by atoms with van der Waals surface area (Å²) in [6.45, 7) is 2.31. The van der Waals surface area contributed by atoms with Gasteiger partial charge >= 0.3 is 0 Å². The largest absolute Gasteiger partial charge is 0.336 e. The molecule has 1 aliphatic heterocycles. The maximum Gasteiger partial charge on any atom is 0.102 e. The fraction of sp³-hybridized carbons (Fsp3) is 0.196. The summed E-state index contributed by atoms with van der Waals surface area (Å²) in [6, 6.07) is 36.4. The van der Waals surface area contributed by atoms with Gasteiger partial charge in [-0.15, -0.1) is 0 Å². The van der Waals surface area contributed by atoms with Crippen LogP contribution >= 0.6 is 0 Å². The number of hydrogen-bond donors (Lipinski definition) is 0. The number of benzene rings is 4. The molecule has 0 fully saturated rings. The highest BCUT2D eigenvalue weighted by Crippen LogP contribution is 2.51. The fourth-order valence-corrected chi connectivity index (χ4v) is 9.06. The molecule has 5 nitrogen and oxygen atoms in total. The number of nitriles is 3. The lowest BCUT2D eigenvalue weighted by Gasteiger charge is -2.33. The summed E-state index contributed by atoms with van der Waals surface area (Å²) < 4.78 is 2.46. The van der Waals surface area contributed by atoms with Gasteiger partial charge in [0, 0.05) is 57.2 Å². The highest BCUT2D eigenvalue weighted by atomic mass is 15.2. The maximum atomic E-state index is 10.8. The third-order valence-electron chi connectivity index (χ3n) is 11.3. The molecule has 0 radical (unpaired) electrons. The minimum Gasteiger partial charge on any atom is -0.336 e. The Morgan fingerprint density at radius 1 is 0.725 bits per heavy atom. The van der Waals surface area contributed by atoms with Crippen LogP contribution in [0.25, 0.3) is 40.1 Å². The normalized spacial score (nSPS) is 19.5. The van der Waals surface area contributed by atoms with Crippen LogP contribution in [0.4, 0.5) is 11.4 Å². The van der Waals surface area contributed by atoms with E-state index in [9.17, 15) is 15.8 Å². The molecular weight excluding hydrogens is 623 g/mol. The first-order chi connectivity index (χ1) is 25.1. The van der Waals surface area contributed by atoms with E-state index in [1.807, 2.05) is 42.5 Å². The van der Waals surface area contributed by atoms with Crippen molar-refractivity contribution in [2.24, 2.45) is 0 Å². The van der Waals surface area contributed by atoms with E-state index in [0.717, 1.165) is 70.6 Å². The average molecular weight is 658 g/mol. The zero-order valence-corrected chi connectivity index (χ0v) is 28.5. The quantitative estimate of drug-likeness (QED) is 0.193. The molecule has 0 bridgehead atoms. The number of fused-ring (bicyclic) bond motifs is 6. The highest BCUT2D eigenvalue weighted by molar-refractivity contribution is 5.88. The van der Waals surface area contributed by atoms with Crippen molar-refractivity contribution in [3.05, 3.63) is 148 Å². The van der Waals surface area contributed by atoms with E-state index in [0.29, 0.717) is 23.5 Å². The molecule has 5 heteroatoms. The van der Waals surface area contributed by atoms with Crippen LogP contribution in [-0.2, 0) is 6.42 Å². The molecular formula is C46H35N5. The van der Waals surface area contributed by atoms with Gasteiger partial charge < -0.3 is 9.47 Å². The van der Waals surface area contributed by atoms with E-state index in [1.54, 1.807) is 0 Å². The first kappa shape index (κ1) is 30.7. The lowest BCUT2D eigenvalue weighted by molar-refractivity contribution is 0.557. The van der Waals surface area contributed by atoms with Gasteiger partial charge in [0.15, 0.2) is 0 Å². The van der Waals surface area contributed by atoms with E-state index in [4.69, 9.17) is 0 Å². The van der Waals surface area contributed by atoms with Crippen molar-refractivity contribution in [2.45, 2.75) is 56.9 Å². The number of para-hydroxylation sites is 2. The lowest BCUT2D eigenvalue weighted by atomic mass is 9.84. The Kier molecular flexibility index (Phi) is 7.35. The van der Waals surface area contributed by atoms with Gasteiger partial charge in [0.05, 0.1) is 34.6 Å². The zero-order chi connectivity index (χ0) is 34.6. The Morgan fingerprint density at radius 3 is 2.37 bits per heavy atom. The van der Waals surface area contributed by atoms with E-state index >= 15 is 0 Å². The van der Waals surface area contributed by atoms with Crippen LogP contribution in [0.15, 0.2) is 109 Å². The molecule has 3 unspecified atom stereocenters. The Bertz CT molecular complexity index is 2490. The Labute approximate surface area is 298 Å². The van der Waals surface area contributed by atoms with Crippen LogP contribution in [0.1, 0.15) is 83.6 Å². The van der Waals surface area contributed by atoms with Crippen molar-refractivity contribution in [1.29, 1.82) is 15.8 Å². The SMILES string of the molecule is CC1CC=Cc2c3c(n(-c4ccccc4-c4ccc(-c5cccc(N6c7ccccc7C7C=C(C#N)CCC76)c5C#N)c(C#N)c4)c21)C=CCC3. The zero-order valence-electron chi connectivity index (χ0n) is 28.5. The highest BCUT2D eigenvalue weighted by Gasteiger charge is 2.41. The molecule has 0 amide bonds. The second kappa shape index (κ2) is 12.2. The minimum absolute atomic E-state index is 0.0832. The minimum atomic E-state index is 0.0832. The molecule has 5 aromatic rings. The Morgan fingerprint density at radius 2 is 1.53 bits per heavy atom. The van der Waals surface area contributed by atoms with Crippen LogP contribution in [0.3, 0.4) is 0 Å². The predicted molar refractivity (Wildman–Crippen MR) is 204 cm³/mol. The topological polar surface area (TPSA) is 79.5 Å². The molecule has 3 aliphatic carbocycles. The van der Waals surface area contributed by atoms with Gasteiger partial charge in [-0.1, -0.05) is 91.9 Å². The molecule has 2 heterocycles. The van der Waals surface area contributed by atoms with Crippen molar-refractivity contribution in [1.82, 2.24) is 4.57 Å². The summed E-state index contributed by atoms with van der Waals surface area (Å²) >= 11 is 0. The molecule has 4 aromatic carbocycles. The second-order valence-electron chi connectivity index (χ2n) is 14.0. The van der Waals surface area contributed by atoms with Crippen LogP contribution in [-0.4, -0.2) is 10.6 Å². The summed E-state index contributed by atoms with van der Waals surface area (Å²) in [5.41, 5.74) is 15.0.